The number of thiophene rings is 1. The zero-order chi connectivity index (χ0) is 17.6. The number of methoxy groups -OCH3 is 1. The molecule has 0 bridgehead atoms. The third-order valence-corrected chi connectivity index (χ3v) is 5.03. The normalized spacial score (nSPS) is 12.1. The van der Waals surface area contributed by atoms with Gasteiger partial charge in [0.05, 0.1) is 23.2 Å². The zero-order valence-corrected chi connectivity index (χ0v) is 15.1. The van der Waals surface area contributed by atoms with Crippen LogP contribution in [0.3, 0.4) is 0 Å². The maximum Gasteiger partial charge on any atom is 0.274 e. The molecular formula is C19H21N3O2S. The molecule has 0 saturated heterocycles. The molecular weight excluding hydrogens is 334 g/mol. The number of likely N-dealkylation sites (N-methyl/N-ethyl adjacent to an activating group) is 1. The summed E-state index contributed by atoms with van der Waals surface area (Å²) in [5.74, 6) is -0.114. The summed E-state index contributed by atoms with van der Waals surface area (Å²) >= 11 is 1.61. The number of hydrogen-bond donors (Lipinski definition) is 1. The fourth-order valence-corrected chi connectivity index (χ4v) is 3.41. The number of hydrogen-bond acceptors (Lipinski definition) is 4. The molecule has 3 aromatic rings. The van der Waals surface area contributed by atoms with E-state index < -0.39 is 0 Å². The van der Waals surface area contributed by atoms with Crippen molar-refractivity contribution >= 4 is 17.2 Å². The Morgan fingerprint density at radius 3 is 2.76 bits per heavy atom. The van der Waals surface area contributed by atoms with Crippen LogP contribution >= 0.6 is 11.3 Å². The van der Waals surface area contributed by atoms with Gasteiger partial charge < -0.3 is 9.64 Å². The summed E-state index contributed by atoms with van der Waals surface area (Å²) in [6.45, 7) is 0.472. The Balaban J connectivity index is 1.74. The largest absolute Gasteiger partial charge is 0.383 e. The van der Waals surface area contributed by atoms with Gasteiger partial charge in [0.2, 0.25) is 0 Å². The molecule has 0 aliphatic heterocycles. The molecule has 0 saturated carbocycles. The molecule has 5 nitrogen and oxygen atoms in total. The number of benzene rings is 1. The van der Waals surface area contributed by atoms with Crippen molar-refractivity contribution in [2.45, 2.75) is 12.5 Å². The van der Waals surface area contributed by atoms with Gasteiger partial charge in [-0.1, -0.05) is 36.4 Å². The van der Waals surface area contributed by atoms with Crippen molar-refractivity contribution in [2.24, 2.45) is 0 Å². The van der Waals surface area contributed by atoms with E-state index in [1.165, 1.54) is 5.56 Å². The van der Waals surface area contributed by atoms with Gasteiger partial charge in [0.25, 0.3) is 5.91 Å². The van der Waals surface area contributed by atoms with Crippen LogP contribution in [0.5, 0.6) is 0 Å². The van der Waals surface area contributed by atoms with Gasteiger partial charge in [-0.3, -0.25) is 9.89 Å². The van der Waals surface area contributed by atoms with E-state index in [1.807, 2.05) is 35.7 Å². The SMILES string of the molecule is COCC(Cc1ccccc1)N(C)C(=O)c1cc(-c2cccs2)[nH]n1. The van der Waals surface area contributed by atoms with E-state index in [-0.39, 0.29) is 11.9 Å². The maximum absolute atomic E-state index is 12.8. The average Bonchev–Trinajstić information content (AvgIpc) is 3.32. The fraction of sp³-hybridized carbons (Fsp3) is 0.263. The third-order valence-electron chi connectivity index (χ3n) is 4.12. The molecule has 2 heterocycles. The second-order valence-corrected chi connectivity index (χ2v) is 6.81. The molecule has 1 amide bonds. The monoisotopic (exact) mass is 355 g/mol. The van der Waals surface area contributed by atoms with Crippen molar-refractivity contribution in [1.82, 2.24) is 15.1 Å². The van der Waals surface area contributed by atoms with Crippen molar-refractivity contribution in [3.05, 3.63) is 65.2 Å². The summed E-state index contributed by atoms with van der Waals surface area (Å²) in [5, 5.41) is 9.14. The molecule has 1 atom stereocenters. The van der Waals surface area contributed by atoms with Crippen molar-refractivity contribution in [3.8, 4) is 10.6 Å². The second-order valence-electron chi connectivity index (χ2n) is 5.86. The summed E-state index contributed by atoms with van der Waals surface area (Å²) in [5.41, 5.74) is 2.45. The van der Waals surface area contributed by atoms with Crippen molar-refractivity contribution in [1.29, 1.82) is 0 Å². The molecule has 3 rings (SSSR count). The molecule has 1 N–H and O–H groups in total. The van der Waals surface area contributed by atoms with Crippen molar-refractivity contribution in [3.63, 3.8) is 0 Å². The lowest BCUT2D eigenvalue weighted by molar-refractivity contribution is 0.0599. The van der Waals surface area contributed by atoms with Crippen molar-refractivity contribution < 1.29 is 9.53 Å². The van der Waals surface area contributed by atoms with E-state index in [9.17, 15) is 4.79 Å². The molecule has 6 heteroatoms. The lowest BCUT2D eigenvalue weighted by atomic mass is 10.1. The van der Waals surface area contributed by atoms with Gasteiger partial charge in [0.1, 0.15) is 0 Å². The van der Waals surface area contributed by atoms with Gasteiger partial charge in [0.15, 0.2) is 5.69 Å². The van der Waals surface area contributed by atoms with Crippen molar-refractivity contribution in [2.75, 3.05) is 20.8 Å². The standard InChI is InChI=1S/C19H21N3O2S/c1-22(15(13-24-2)11-14-7-4-3-5-8-14)19(23)17-12-16(20-21-17)18-9-6-10-25-18/h3-10,12,15H,11,13H2,1-2H3,(H,20,21). The fourth-order valence-electron chi connectivity index (χ4n) is 2.72. The first kappa shape index (κ1) is 17.4. The van der Waals surface area contributed by atoms with Crippen LogP contribution in [-0.4, -0.2) is 47.8 Å². The number of aromatic amines is 1. The summed E-state index contributed by atoms with van der Waals surface area (Å²) in [6, 6.07) is 15.8. The van der Waals surface area contributed by atoms with E-state index in [1.54, 1.807) is 36.5 Å². The lowest BCUT2D eigenvalue weighted by Gasteiger charge is -2.27. The molecule has 1 aromatic carbocycles. The highest BCUT2D eigenvalue weighted by molar-refractivity contribution is 7.13. The highest BCUT2D eigenvalue weighted by Gasteiger charge is 2.23. The Kier molecular flexibility index (Phi) is 5.63. The number of carbonyl (C=O) groups is 1. The van der Waals surface area contributed by atoms with Crippen LogP contribution in [0.25, 0.3) is 10.6 Å². The Labute approximate surface area is 151 Å². The first-order valence-electron chi connectivity index (χ1n) is 8.08. The van der Waals surface area contributed by atoms with Crippen LogP contribution in [0.2, 0.25) is 0 Å². The topological polar surface area (TPSA) is 58.2 Å². The van der Waals surface area contributed by atoms with Gasteiger partial charge in [0, 0.05) is 14.2 Å². The van der Waals surface area contributed by atoms with E-state index in [2.05, 4.69) is 22.3 Å². The molecule has 25 heavy (non-hydrogen) atoms. The molecule has 0 aliphatic carbocycles. The highest BCUT2D eigenvalue weighted by atomic mass is 32.1. The molecule has 130 valence electrons. The number of H-pyrrole nitrogens is 1. The van der Waals surface area contributed by atoms with Crippen LogP contribution in [0, 0.1) is 0 Å². The maximum atomic E-state index is 12.8. The number of nitrogens with zero attached hydrogens (tertiary/aromatic N) is 2. The summed E-state index contributed by atoms with van der Waals surface area (Å²) < 4.78 is 5.33. The van der Waals surface area contributed by atoms with Crippen LogP contribution < -0.4 is 0 Å². The number of nitrogens with one attached hydrogen (secondary N) is 1. The summed E-state index contributed by atoms with van der Waals surface area (Å²) in [6.07, 6.45) is 0.735. The zero-order valence-electron chi connectivity index (χ0n) is 14.3. The lowest BCUT2D eigenvalue weighted by Crippen LogP contribution is -2.41. The van der Waals surface area contributed by atoms with E-state index in [0.717, 1.165) is 17.0 Å². The number of ether oxygens (including phenoxy) is 1. The van der Waals surface area contributed by atoms with Crippen LogP contribution in [-0.2, 0) is 11.2 Å². The highest BCUT2D eigenvalue weighted by Crippen LogP contribution is 2.23. The Bertz CT molecular complexity index is 799. The van der Waals surface area contributed by atoms with Gasteiger partial charge in [-0.2, -0.15) is 5.10 Å². The molecule has 0 spiro atoms. The van der Waals surface area contributed by atoms with Gasteiger partial charge in [-0.25, -0.2) is 0 Å². The van der Waals surface area contributed by atoms with Gasteiger partial charge in [-0.15, -0.1) is 11.3 Å². The molecule has 2 aromatic heterocycles. The Morgan fingerprint density at radius 2 is 2.08 bits per heavy atom. The van der Waals surface area contributed by atoms with Crippen LogP contribution in [0.4, 0.5) is 0 Å². The molecule has 0 radical (unpaired) electrons. The minimum Gasteiger partial charge on any atom is -0.383 e. The number of carbonyl (C=O) groups excluding carboxylic acids is 1. The number of aromatic nitrogens is 2. The van der Waals surface area contributed by atoms with E-state index in [0.29, 0.717) is 12.3 Å². The molecule has 0 fully saturated rings. The van der Waals surface area contributed by atoms with Crippen LogP contribution in [0.1, 0.15) is 16.1 Å². The van der Waals surface area contributed by atoms with Gasteiger partial charge in [-0.05, 0) is 29.5 Å². The average molecular weight is 355 g/mol. The van der Waals surface area contributed by atoms with Crippen LogP contribution in [0.15, 0.2) is 53.9 Å². The minimum absolute atomic E-state index is 0.0539. The number of amides is 1. The third kappa shape index (κ3) is 4.15. The summed E-state index contributed by atoms with van der Waals surface area (Å²) in [7, 11) is 3.45. The first-order valence-corrected chi connectivity index (χ1v) is 8.96. The van der Waals surface area contributed by atoms with E-state index >= 15 is 0 Å². The summed E-state index contributed by atoms with van der Waals surface area (Å²) in [4.78, 5) is 15.6. The Morgan fingerprint density at radius 1 is 1.28 bits per heavy atom. The predicted molar refractivity (Wildman–Crippen MR) is 99.8 cm³/mol. The quantitative estimate of drug-likeness (QED) is 0.706. The van der Waals surface area contributed by atoms with E-state index in [4.69, 9.17) is 4.74 Å². The Hall–Kier alpha value is -2.44. The predicted octanol–water partition coefficient (Wildman–Crippen LogP) is 3.47. The minimum atomic E-state index is -0.114. The molecule has 1 unspecified atom stereocenters. The smallest absolute Gasteiger partial charge is 0.274 e. The second kappa shape index (κ2) is 8.09. The molecule has 0 aliphatic rings. The number of rotatable bonds is 7. The van der Waals surface area contributed by atoms with Gasteiger partial charge >= 0.3 is 0 Å². The first-order chi connectivity index (χ1) is 12.2.